The number of ketones is 1. The zero-order valence-electron chi connectivity index (χ0n) is 23.7. The van der Waals surface area contributed by atoms with Crippen LogP contribution < -0.4 is 5.32 Å². The molecule has 2 heterocycles. The highest BCUT2D eigenvalue weighted by Gasteiger charge is 2.39. The number of likely N-dealkylation sites (tertiary alicyclic amines) is 1. The lowest BCUT2D eigenvalue weighted by Gasteiger charge is -2.42. The van der Waals surface area contributed by atoms with E-state index in [4.69, 9.17) is 9.72 Å². The molecular formula is C27H45N5O5. The highest BCUT2D eigenvalue weighted by atomic mass is 16.5. The van der Waals surface area contributed by atoms with Gasteiger partial charge in [-0.3, -0.25) is 9.59 Å². The van der Waals surface area contributed by atoms with E-state index in [-0.39, 0.29) is 42.0 Å². The van der Waals surface area contributed by atoms with Crippen molar-refractivity contribution in [1.82, 2.24) is 19.8 Å². The van der Waals surface area contributed by atoms with Gasteiger partial charge >= 0.3 is 6.09 Å². The first kappa shape index (κ1) is 30.5. The van der Waals surface area contributed by atoms with Crippen molar-refractivity contribution in [3.8, 4) is 0 Å². The monoisotopic (exact) mass is 519 g/mol. The summed E-state index contributed by atoms with van der Waals surface area (Å²) in [6, 6.07) is -0.434. The molecule has 10 nitrogen and oxygen atoms in total. The Labute approximate surface area is 221 Å². The summed E-state index contributed by atoms with van der Waals surface area (Å²) in [6.45, 7) is 15.6. The second kappa shape index (κ2) is 13.2. The number of ether oxygens (including phenoxy) is 1. The minimum Gasteiger partial charge on any atom is -0.465 e. The van der Waals surface area contributed by atoms with E-state index in [9.17, 15) is 19.5 Å². The Balaban J connectivity index is 2.47. The van der Waals surface area contributed by atoms with Crippen molar-refractivity contribution in [2.75, 3.05) is 45.2 Å². The average Bonchev–Trinajstić information content (AvgIpc) is 2.83. The van der Waals surface area contributed by atoms with Crippen molar-refractivity contribution in [1.29, 1.82) is 0 Å². The van der Waals surface area contributed by atoms with Gasteiger partial charge in [0.1, 0.15) is 23.0 Å². The number of hydrogen-bond acceptors (Lipinski definition) is 7. The molecule has 0 aromatic carbocycles. The zero-order chi connectivity index (χ0) is 27.9. The van der Waals surface area contributed by atoms with Gasteiger partial charge in [-0.2, -0.15) is 0 Å². The summed E-state index contributed by atoms with van der Waals surface area (Å²) in [5, 5.41) is 13.1. The van der Waals surface area contributed by atoms with Crippen LogP contribution in [0.2, 0.25) is 0 Å². The molecule has 0 aliphatic carbocycles. The molecule has 1 fully saturated rings. The Morgan fingerprint density at radius 1 is 1.22 bits per heavy atom. The maximum absolute atomic E-state index is 14.1. The van der Waals surface area contributed by atoms with Crippen molar-refractivity contribution in [2.45, 2.75) is 72.8 Å². The largest absolute Gasteiger partial charge is 0.465 e. The third kappa shape index (κ3) is 8.38. The SMILES string of the molecule is COCCCNc1nc(C(C)(C)C)ncc1C(=O)N(CC(C)C)[C@H]1C[C@@H](C(=O)C(C)C)CN(C(=O)O)C1. The molecular weight excluding hydrogens is 474 g/mol. The second-order valence-electron chi connectivity index (χ2n) is 11.7. The molecule has 0 spiro atoms. The summed E-state index contributed by atoms with van der Waals surface area (Å²) in [6.07, 6.45) is 1.65. The van der Waals surface area contributed by atoms with Crippen LogP contribution in [0.5, 0.6) is 0 Å². The highest BCUT2D eigenvalue weighted by Crippen LogP contribution is 2.28. The van der Waals surface area contributed by atoms with Crippen LogP contribution in [0.1, 0.15) is 77.5 Å². The van der Waals surface area contributed by atoms with Crippen molar-refractivity contribution in [3.63, 3.8) is 0 Å². The van der Waals surface area contributed by atoms with Crippen molar-refractivity contribution in [2.24, 2.45) is 17.8 Å². The first-order chi connectivity index (χ1) is 17.3. The molecule has 0 saturated carbocycles. The predicted molar refractivity (Wildman–Crippen MR) is 143 cm³/mol. The minimum absolute atomic E-state index is 0.0197. The summed E-state index contributed by atoms with van der Waals surface area (Å²) >= 11 is 0. The van der Waals surface area contributed by atoms with Crippen LogP contribution in [-0.2, 0) is 14.9 Å². The predicted octanol–water partition coefficient (Wildman–Crippen LogP) is 3.91. The first-order valence-electron chi connectivity index (χ1n) is 13.2. The Morgan fingerprint density at radius 3 is 2.43 bits per heavy atom. The number of carbonyl (C=O) groups excluding carboxylic acids is 2. The number of nitrogens with zero attached hydrogens (tertiary/aromatic N) is 4. The fourth-order valence-corrected chi connectivity index (χ4v) is 4.54. The molecule has 1 aliphatic heterocycles. The molecule has 1 aromatic heterocycles. The third-order valence-electron chi connectivity index (χ3n) is 6.44. The number of aromatic nitrogens is 2. The van der Waals surface area contributed by atoms with Crippen LogP contribution >= 0.6 is 0 Å². The number of carboxylic acid groups (broad SMARTS) is 1. The molecule has 1 aliphatic rings. The van der Waals surface area contributed by atoms with Crippen LogP contribution in [0.3, 0.4) is 0 Å². The van der Waals surface area contributed by atoms with Crippen LogP contribution in [0.25, 0.3) is 0 Å². The quantitative estimate of drug-likeness (QED) is 0.422. The lowest BCUT2D eigenvalue weighted by atomic mass is 9.85. The van der Waals surface area contributed by atoms with Gasteiger partial charge in [-0.05, 0) is 18.8 Å². The molecule has 2 atom stereocenters. The highest BCUT2D eigenvalue weighted by molar-refractivity contribution is 5.98. The second-order valence-corrected chi connectivity index (χ2v) is 11.7. The number of piperidine rings is 1. The van der Waals surface area contributed by atoms with Gasteiger partial charge in [-0.25, -0.2) is 14.8 Å². The van der Waals surface area contributed by atoms with E-state index in [2.05, 4.69) is 10.3 Å². The Morgan fingerprint density at radius 2 is 1.89 bits per heavy atom. The van der Waals surface area contributed by atoms with Crippen LogP contribution in [-0.4, -0.2) is 88.6 Å². The molecule has 1 aromatic rings. The maximum atomic E-state index is 14.1. The number of anilines is 1. The first-order valence-corrected chi connectivity index (χ1v) is 13.2. The van der Waals surface area contributed by atoms with Gasteiger partial charge in [-0.15, -0.1) is 0 Å². The molecule has 2 rings (SSSR count). The van der Waals surface area contributed by atoms with E-state index in [1.807, 2.05) is 48.5 Å². The maximum Gasteiger partial charge on any atom is 0.407 e. The molecule has 2 amide bonds. The van der Waals surface area contributed by atoms with Crippen LogP contribution in [0.15, 0.2) is 6.20 Å². The normalized spacial score (nSPS) is 18.3. The Hall–Kier alpha value is -2.75. The van der Waals surface area contributed by atoms with Crippen molar-refractivity contribution < 1.29 is 24.2 Å². The van der Waals surface area contributed by atoms with E-state index in [1.165, 1.54) is 4.90 Å². The van der Waals surface area contributed by atoms with Gasteiger partial charge in [0, 0.05) is 63.3 Å². The van der Waals surface area contributed by atoms with E-state index in [0.717, 1.165) is 6.42 Å². The fraction of sp³-hybridized carbons (Fsp3) is 0.741. The number of rotatable bonds is 11. The summed E-state index contributed by atoms with van der Waals surface area (Å²) < 4.78 is 5.14. The minimum atomic E-state index is -1.08. The smallest absolute Gasteiger partial charge is 0.407 e. The topological polar surface area (TPSA) is 125 Å². The number of hydrogen-bond donors (Lipinski definition) is 2. The molecule has 0 radical (unpaired) electrons. The summed E-state index contributed by atoms with van der Waals surface area (Å²) in [4.78, 5) is 51.1. The zero-order valence-corrected chi connectivity index (χ0v) is 23.7. The number of nitrogens with one attached hydrogen (secondary N) is 1. The molecule has 2 N–H and O–H groups in total. The third-order valence-corrected chi connectivity index (χ3v) is 6.44. The van der Waals surface area contributed by atoms with Gasteiger partial charge in [0.05, 0.1) is 6.04 Å². The van der Waals surface area contributed by atoms with Gasteiger partial charge in [0.2, 0.25) is 0 Å². The number of carbonyl (C=O) groups is 3. The van der Waals surface area contributed by atoms with Crippen molar-refractivity contribution >= 4 is 23.6 Å². The lowest BCUT2D eigenvalue weighted by molar-refractivity contribution is -0.128. The number of Topliss-reactive ketones (excluding diaryl/α,β-unsaturated/α-hetero) is 1. The molecule has 208 valence electrons. The standard InChI is InChI=1S/C27H45N5O5/c1-17(2)14-32(20-12-19(22(33)18(3)4)15-31(16-20)26(35)36)24(34)21-13-29-25(27(5,6)7)30-23(21)28-10-9-11-37-8/h13,17-20H,9-12,14-16H2,1-8H3,(H,35,36)(H,28,29,30)/t19-,20+/m1/s1. The number of methoxy groups -OCH3 is 1. The van der Waals surface area contributed by atoms with Gasteiger partial charge in [0.15, 0.2) is 0 Å². The summed E-state index contributed by atoms with van der Waals surface area (Å²) in [5.41, 5.74) is 0.0306. The number of amides is 2. The summed E-state index contributed by atoms with van der Waals surface area (Å²) in [5.74, 6) is 0.291. The van der Waals surface area contributed by atoms with Gasteiger partial charge < -0.3 is 25.0 Å². The van der Waals surface area contributed by atoms with Crippen LogP contribution in [0.4, 0.5) is 10.6 Å². The van der Waals surface area contributed by atoms with Crippen molar-refractivity contribution in [3.05, 3.63) is 17.6 Å². The fourth-order valence-electron chi connectivity index (χ4n) is 4.54. The van der Waals surface area contributed by atoms with Gasteiger partial charge in [-0.1, -0.05) is 48.5 Å². The summed E-state index contributed by atoms with van der Waals surface area (Å²) in [7, 11) is 1.64. The van der Waals surface area contributed by atoms with Gasteiger partial charge in [0.25, 0.3) is 5.91 Å². The van der Waals surface area contributed by atoms with Crippen LogP contribution in [0, 0.1) is 17.8 Å². The van der Waals surface area contributed by atoms with E-state index in [0.29, 0.717) is 43.3 Å². The lowest BCUT2D eigenvalue weighted by Crippen LogP contribution is -2.56. The molecule has 0 unspecified atom stereocenters. The Kier molecular flexibility index (Phi) is 10.8. The molecule has 10 heteroatoms. The van der Waals surface area contributed by atoms with E-state index < -0.39 is 18.1 Å². The average molecular weight is 520 g/mol. The van der Waals surface area contributed by atoms with E-state index in [1.54, 1.807) is 18.2 Å². The molecule has 37 heavy (non-hydrogen) atoms. The molecule has 0 bridgehead atoms. The Bertz CT molecular complexity index is 944. The van der Waals surface area contributed by atoms with E-state index >= 15 is 0 Å². The molecule has 1 saturated heterocycles.